The molecule has 8 nitrogen and oxygen atoms in total. The number of benzene rings is 1. The second-order valence-electron chi connectivity index (χ2n) is 8.03. The van der Waals surface area contributed by atoms with Crippen molar-refractivity contribution in [2.24, 2.45) is 0 Å². The molecule has 32 heavy (non-hydrogen) atoms. The lowest BCUT2D eigenvalue weighted by atomic mass is 10.0. The van der Waals surface area contributed by atoms with Crippen LogP contribution in [-0.2, 0) is 9.59 Å². The standard InChI is InChI=1S/C24H25N5O3/c25-14-16-6-7-21-19(11-16)20(24(32)28-21)13-18-12-17(15-27-18)23(31)26-8-4-10-29-9-3-1-2-5-22(29)30/h6-7,11-13,15,27H,1-5,8-10H2,(H,26,31)(H,28,32)/b20-13-. The molecule has 0 radical (unpaired) electrons. The number of amides is 3. The summed E-state index contributed by atoms with van der Waals surface area (Å²) in [6.07, 6.45) is 7.69. The van der Waals surface area contributed by atoms with Crippen molar-refractivity contribution in [3.63, 3.8) is 0 Å². The molecule has 1 fully saturated rings. The van der Waals surface area contributed by atoms with Crippen LogP contribution in [-0.4, -0.2) is 47.2 Å². The third-order valence-electron chi connectivity index (χ3n) is 5.76. The lowest BCUT2D eigenvalue weighted by molar-refractivity contribution is -0.130. The Kier molecular flexibility index (Phi) is 6.36. The molecule has 2 aliphatic rings. The number of aromatic nitrogens is 1. The molecule has 164 valence electrons. The smallest absolute Gasteiger partial charge is 0.256 e. The Labute approximate surface area is 186 Å². The summed E-state index contributed by atoms with van der Waals surface area (Å²) in [6, 6.07) is 8.79. The molecule has 3 heterocycles. The fourth-order valence-electron chi connectivity index (χ4n) is 4.03. The molecule has 1 saturated heterocycles. The van der Waals surface area contributed by atoms with Crippen molar-refractivity contribution >= 4 is 35.1 Å². The molecular weight excluding hydrogens is 406 g/mol. The molecular formula is C24H25N5O3. The Morgan fingerprint density at radius 2 is 2.09 bits per heavy atom. The van der Waals surface area contributed by atoms with Gasteiger partial charge in [0.2, 0.25) is 5.91 Å². The molecule has 0 bridgehead atoms. The highest BCUT2D eigenvalue weighted by Crippen LogP contribution is 2.33. The topological polar surface area (TPSA) is 118 Å². The van der Waals surface area contributed by atoms with E-state index in [2.05, 4.69) is 21.7 Å². The van der Waals surface area contributed by atoms with Crippen LogP contribution in [0.15, 0.2) is 30.5 Å². The van der Waals surface area contributed by atoms with E-state index in [0.717, 1.165) is 25.8 Å². The summed E-state index contributed by atoms with van der Waals surface area (Å²) in [5, 5.41) is 14.8. The molecule has 8 heteroatoms. The highest BCUT2D eigenvalue weighted by atomic mass is 16.2. The number of H-pyrrole nitrogens is 1. The normalized spacial score (nSPS) is 17.0. The van der Waals surface area contributed by atoms with E-state index in [0.29, 0.717) is 59.6 Å². The fraction of sp³-hybridized carbons (Fsp3) is 0.333. The minimum Gasteiger partial charge on any atom is -0.361 e. The van der Waals surface area contributed by atoms with Gasteiger partial charge in [-0.2, -0.15) is 5.26 Å². The average molecular weight is 431 g/mol. The molecule has 3 amide bonds. The van der Waals surface area contributed by atoms with Crippen molar-refractivity contribution in [2.75, 3.05) is 25.0 Å². The van der Waals surface area contributed by atoms with Crippen LogP contribution < -0.4 is 10.6 Å². The number of rotatable bonds is 6. The van der Waals surface area contributed by atoms with Crippen LogP contribution >= 0.6 is 0 Å². The molecule has 0 spiro atoms. The highest BCUT2D eigenvalue weighted by molar-refractivity contribution is 6.34. The zero-order chi connectivity index (χ0) is 22.5. The van der Waals surface area contributed by atoms with Crippen LogP contribution in [0.3, 0.4) is 0 Å². The Morgan fingerprint density at radius 3 is 2.94 bits per heavy atom. The molecule has 2 aromatic rings. The van der Waals surface area contributed by atoms with E-state index >= 15 is 0 Å². The number of aromatic amines is 1. The number of carbonyl (C=O) groups excluding carboxylic acids is 3. The quantitative estimate of drug-likeness (QED) is 0.481. The molecule has 0 saturated carbocycles. The van der Waals surface area contributed by atoms with E-state index in [1.165, 1.54) is 0 Å². The Balaban J connectivity index is 1.35. The van der Waals surface area contributed by atoms with Gasteiger partial charge in [0.25, 0.3) is 11.8 Å². The van der Waals surface area contributed by atoms with Crippen molar-refractivity contribution in [3.8, 4) is 6.07 Å². The average Bonchev–Trinajstić information content (AvgIpc) is 3.32. The SMILES string of the molecule is N#Cc1ccc2c(c1)/C(=C/c1cc(C(=O)NCCCN3CCCCCC3=O)c[nH]1)C(=O)N2. The van der Waals surface area contributed by atoms with E-state index in [1.54, 1.807) is 36.5 Å². The second-order valence-corrected chi connectivity index (χ2v) is 8.03. The van der Waals surface area contributed by atoms with Crippen molar-refractivity contribution in [3.05, 3.63) is 52.8 Å². The van der Waals surface area contributed by atoms with Crippen LogP contribution in [0.25, 0.3) is 11.6 Å². The summed E-state index contributed by atoms with van der Waals surface area (Å²) in [5.41, 5.74) is 3.32. The Hall–Kier alpha value is -3.86. The molecule has 1 aromatic heterocycles. The lowest BCUT2D eigenvalue weighted by Gasteiger charge is -2.20. The van der Waals surface area contributed by atoms with Crippen LogP contribution in [0.2, 0.25) is 0 Å². The first-order chi connectivity index (χ1) is 15.5. The summed E-state index contributed by atoms with van der Waals surface area (Å²) in [5.74, 6) is -0.258. The van der Waals surface area contributed by atoms with Crippen LogP contribution in [0.4, 0.5) is 5.69 Å². The zero-order valence-corrected chi connectivity index (χ0v) is 17.7. The van der Waals surface area contributed by atoms with Gasteiger partial charge in [-0.25, -0.2) is 0 Å². The van der Waals surface area contributed by atoms with Gasteiger partial charge < -0.3 is 20.5 Å². The number of fused-ring (bicyclic) bond motifs is 1. The van der Waals surface area contributed by atoms with E-state index in [4.69, 9.17) is 5.26 Å². The molecule has 3 N–H and O–H groups in total. The maximum Gasteiger partial charge on any atom is 0.256 e. The predicted molar refractivity (Wildman–Crippen MR) is 120 cm³/mol. The number of hydrogen-bond acceptors (Lipinski definition) is 4. The van der Waals surface area contributed by atoms with E-state index in [9.17, 15) is 14.4 Å². The van der Waals surface area contributed by atoms with Gasteiger partial charge in [0.1, 0.15) is 0 Å². The molecule has 4 rings (SSSR count). The molecule has 2 aliphatic heterocycles. The predicted octanol–water partition coefficient (Wildman–Crippen LogP) is 2.90. The van der Waals surface area contributed by atoms with Crippen molar-refractivity contribution < 1.29 is 14.4 Å². The largest absolute Gasteiger partial charge is 0.361 e. The maximum absolute atomic E-state index is 12.5. The van der Waals surface area contributed by atoms with Crippen LogP contribution in [0.5, 0.6) is 0 Å². The van der Waals surface area contributed by atoms with Crippen LogP contribution in [0, 0.1) is 11.3 Å². The molecule has 1 aromatic carbocycles. The van der Waals surface area contributed by atoms with E-state index in [1.807, 2.05) is 4.90 Å². The highest BCUT2D eigenvalue weighted by Gasteiger charge is 2.24. The van der Waals surface area contributed by atoms with Crippen molar-refractivity contribution in [2.45, 2.75) is 32.1 Å². The van der Waals surface area contributed by atoms with E-state index < -0.39 is 0 Å². The molecule has 0 aliphatic carbocycles. The number of nitrogens with one attached hydrogen (secondary N) is 3. The van der Waals surface area contributed by atoms with Crippen molar-refractivity contribution in [1.29, 1.82) is 5.26 Å². The molecule has 0 atom stereocenters. The zero-order valence-electron chi connectivity index (χ0n) is 17.7. The first-order valence-electron chi connectivity index (χ1n) is 10.9. The van der Waals surface area contributed by atoms with E-state index in [-0.39, 0.29) is 17.7 Å². The summed E-state index contributed by atoms with van der Waals surface area (Å²) in [4.78, 5) is 41.7. The van der Waals surface area contributed by atoms with Gasteiger partial charge in [0.05, 0.1) is 22.8 Å². The number of anilines is 1. The van der Waals surface area contributed by atoms with Gasteiger partial charge in [-0.3, -0.25) is 14.4 Å². The number of hydrogen-bond donors (Lipinski definition) is 3. The first kappa shape index (κ1) is 21.4. The number of nitrogens with zero attached hydrogens (tertiary/aromatic N) is 2. The third kappa shape index (κ3) is 4.72. The van der Waals surface area contributed by atoms with Gasteiger partial charge in [-0.05, 0) is 49.6 Å². The van der Waals surface area contributed by atoms with Crippen molar-refractivity contribution in [1.82, 2.24) is 15.2 Å². The third-order valence-corrected chi connectivity index (χ3v) is 5.76. The first-order valence-corrected chi connectivity index (χ1v) is 10.9. The number of carbonyl (C=O) groups is 3. The van der Waals surface area contributed by atoms with Gasteiger partial charge in [-0.15, -0.1) is 0 Å². The number of nitriles is 1. The monoisotopic (exact) mass is 431 g/mol. The maximum atomic E-state index is 12.5. The Morgan fingerprint density at radius 1 is 1.22 bits per heavy atom. The lowest BCUT2D eigenvalue weighted by Crippen LogP contribution is -2.33. The fourth-order valence-corrected chi connectivity index (χ4v) is 4.03. The Bertz CT molecular complexity index is 1120. The molecule has 0 unspecified atom stereocenters. The van der Waals surface area contributed by atoms with Crippen LogP contribution in [0.1, 0.15) is 59.3 Å². The van der Waals surface area contributed by atoms with Gasteiger partial charge >= 0.3 is 0 Å². The minimum absolute atomic E-state index is 0.205. The van der Waals surface area contributed by atoms with Gasteiger partial charge in [0, 0.05) is 49.2 Å². The number of likely N-dealkylation sites (tertiary alicyclic amines) is 1. The van der Waals surface area contributed by atoms with Gasteiger partial charge in [0.15, 0.2) is 0 Å². The summed E-state index contributed by atoms with van der Waals surface area (Å²) in [7, 11) is 0. The second kappa shape index (κ2) is 9.52. The summed E-state index contributed by atoms with van der Waals surface area (Å²) >= 11 is 0. The minimum atomic E-state index is -0.251. The summed E-state index contributed by atoms with van der Waals surface area (Å²) < 4.78 is 0. The summed E-state index contributed by atoms with van der Waals surface area (Å²) in [6.45, 7) is 1.94. The van der Waals surface area contributed by atoms with Gasteiger partial charge in [-0.1, -0.05) is 6.42 Å².